The Morgan fingerprint density at radius 1 is 1.09 bits per heavy atom. The number of benzene rings is 2. The van der Waals surface area contributed by atoms with Gasteiger partial charge in [-0.3, -0.25) is 29.4 Å². The van der Waals surface area contributed by atoms with Crippen LogP contribution in [0, 0.1) is 11.8 Å². The number of amides is 4. The van der Waals surface area contributed by atoms with E-state index < -0.39 is 18.1 Å². The number of anilines is 1. The molecular weight excluding hydrogens is 596 g/mol. The summed E-state index contributed by atoms with van der Waals surface area (Å²) < 4.78 is 5.98. The first-order valence-electron chi connectivity index (χ1n) is 15.8. The van der Waals surface area contributed by atoms with Crippen LogP contribution >= 0.6 is 0 Å². The molecule has 2 aromatic carbocycles. The second kappa shape index (κ2) is 12.4. The Labute approximate surface area is 271 Å². The third kappa shape index (κ3) is 6.07. The van der Waals surface area contributed by atoms with E-state index in [1.54, 1.807) is 42.6 Å². The lowest BCUT2D eigenvalue weighted by Crippen LogP contribution is -2.52. The Kier molecular flexibility index (Phi) is 7.95. The van der Waals surface area contributed by atoms with Crippen molar-refractivity contribution in [2.75, 3.05) is 18.9 Å². The summed E-state index contributed by atoms with van der Waals surface area (Å²) >= 11 is 0. The summed E-state index contributed by atoms with van der Waals surface area (Å²) in [7, 11) is 2.14. The predicted molar refractivity (Wildman–Crippen MR) is 175 cm³/mol. The molecule has 5 heterocycles. The van der Waals surface area contributed by atoms with Gasteiger partial charge in [-0.1, -0.05) is 17.9 Å². The number of ether oxygens (including phenoxy) is 1. The predicted octanol–water partition coefficient (Wildman–Crippen LogP) is 4.16. The van der Waals surface area contributed by atoms with Gasteiger partial charge in [0, 0.05) is 59.0 Å². The number of rotatable bonds is 6. The Hall–Kier alpha value is -5.47. The van der Waals surface area contributed by atoms with Crippen LogP contribution in [0.4, 0.5) is 5.82 Å². The van der Waals surface area contributed by atoms with Gasteiger partial charge in [-0.25, -0.2) is 4.98 Å². The summed E-state index contributed by atoms with van der Waals surface area (Å²) in [5, 5.41) is 6.21. The Morgan fingerprint density at radius 3 is 2.68 bits per heavy atom. The fraction of sp³-hybridized carbons (Fsp3) is 0.306. The quantitative estimate of drug-likeness (QED) is 0.215. The van der Waals surface area contributed by atoms with Crippen LogP contribution in [0.15, 0.2) is 60.8 Å². The number of nitrogens with one attached hydrogen (secondary N) is 3. The highest BCUT2D eigenvalue weighted by molar-refractivity contribution is 6.06. The zero-order valence-corrected chi connectivity index (χ0v) is 26.1. The zero-order valence-electron chi connectivity index (χ0n) is 26.1. The van der Waals surface area contributed by atoms with Gasteiger partial charge in [-0.2, -0.15) is 0 Å². The Morgan fingerprint density at radius 2 is 1.91 bits per heavy atom. The van der Waals surface area contributed by atoms with Gasteiger partial charge in [0.1, 0.15) is 17.6 Å². The van der Waals surface area contributed by atoms with Gasteiger partial charge in [0.15, 0.2) is 6.10 Å². The molecule has 3 N–H and O–H groups in total. The lowest BCUT2D eigenvalue weighted by molar-refractivity contribution is -0.136. The van der Waals surface area contributed by atoms with Gasteiger partial charge in [0.25, 0.3) is 11.8 Å². The molecule has 2 fully saturated rings. The van der Waals surface area contributed by atoms with Crippen molar-refractivity contribution < 1.29 is 23.9 Å². The molecule has 0 radical (unpaired) electrons. The van der Waals surface area contributed by atoms with Crippen molar-refractivity contribution in [1.29, 1.82) is 0 Å². The third-order valence-corrected chi connectivity index (χ3v) is 9.07. The maximum atomic E-state index is 13.1. The van der Waals surface area contributed by atoms with Gasteiger partial charge < -0.3 is 19.9 Å². The van der Waals surface area contributed by atoms with Crippen LogP contribution in [0.1, 0.15) is 76.2 Å². The molecule has 238 valence electrons. The first-order valence-corrected chi connectivity index (χ1v) is 15.8. The van der Waals surface area contributed by atoms with Crippen LogP contribution in [0.2, 0.25) is 0 Å². The highest BCUT2D eigenvalue weighted by Gasteiger charge is 2.39. The van der Waals surface area contributed by atoms with Crippen molar-refractivity contribution >= 4 is 40.3 Å². The molecule has 3 aliphatic rings. The topological polar surface area (TPSA) is 137 Å². The molecule has 11 nitrogen and oxygen atoms in total. The van der Waals surface area contributed by atoms with E-state index in [4.69, 9.17) is 4.74 Å². The summed E-state index contributed by atoms with van der Waals surface area (Å²) in [5.41, 5.74) is 4.50. The number of fused-ring (bicyclic) bond motifs is 2. The Bertz CT molecular complexity index is 1970. The van der Waals surface area contributed by atoms with Crippen LogP contribution < -0.4 is 15.4 Å². The average molecular weight is 631 g/mol. The van der Waals surface area contributed by atoms with Crippen molar-refractivity contribution in [3.63, 3.8) is 0 Å². The highest BCUT2D eigenvalue weighted by Crippen LogP contribution is 2.32. The maximum absolute atomic E-state index is 13.1. The molecule has 0 aliphatic carbocycles. The van der Waals surface area contributed by atoms with Crippen molar-refractivity contribution in [3.8, 4) is 17.6 Å². The minimum Gasteiger partial charge on any atom is -0.478 e. The first kappa shape index (κ1) is 30.2. The fourth-order valence-electron chi connectivity index (χ4n) is 6.59. The molecule has 3 atom stereocenters. The van der Waals surface area contributed by atoms with E-state index in [0.29, 0.717) is 40.7 Å². The number of likely N-dealkylation sites (tertiary alicyclic amines) is 1. The van der Waals surface area contributed by atoms with Crippen LogP contribution in [0.25, 0.3) is 10.9 Å². The van der Waals surface area contributed by atoms with E-state index in [0.717, 1.165) is 29.4 Å². The van der Waals surface area contributed by atoms with Gasteiger partial charge in [-0.15, -0.1) is 0 Å². The van der Waals surface area contributed by atoms with E-state index in [2.05, 4.69) is 50.5 Å². The monoisotopic (exact) mass is 630 g/mol. The van der Waals surface area contributed by atoms with Crippen LogP contribution in [-0.2, 0) is 16.1 Å². The normalized spacial score (nSPS) is 20.0. The third-order valence-electron chi connectivity index (χ3n) is 9.07. The van der Waals surface area contributed by atoms with Crippen LogP contribution in [-0.4, -0.2) is 69.1 Å². The molecule has 2 aromatic heterocycles. The average Bonchev–Trinajstić information content (AvgIpc) is 3.77. The largest absolute Gasteiger partial charge is 0.478 e. The van der Waals surface area contributed by atoms with E-state index in [-0.39, 0.29) is 30.7 Å². The Balaban J connectivity index is 0.973. The molecule has 7 rings (SSSR count). The van der Waals surface area contributed by atoms with Crippen molar-refractivity contribution in [2.45, 2.75) is 57.3 Å². The summed E-state index contributed by atoms with van der Waals surface area (Å²) in [6.07, 6.45) is 4.09. The minimum absolute atomic E-state index is 0.199. The maximum Gasteiger partial charge on any atom is 0.256 e. The minimum atomic E-state index is -0.684. The molecule has 3 aliphatic heterocycles. The molecule has 4 amide bonds. The van der Waals surface area contributed by atoms with E-state index >= 15 is 0 Å². The van der Waals surface area contributed by atoms with Crippen molar-refractivity contribution in [2.24, 2.45) is 0 Å². The molecular formula is C36H34N6O5. The molecule has 4 aromatic rings. The molecule has 47 heavy (non-hydrogen) atoms. The molecule has 2 saturated heterocycles. The van der Waals surface area contributed by atoms with Gasteiger partial charge in [0.05, 0.1) is 5.52 Å². The highest BCUT2D eigenvalue weighted by atomic mass is 16.5. The standard InChI is InChI=1S/C36H34N6O5/c1-21(8-9-22-5-3-6-26-27(22)20-42(36(26)46)31-14-15-33(43)40-35(31)45)47-25-12-10-23(11-13-25)34(44)39-32-18-28-24(19-37-32)17-29(38-28)30-7-4-16-41(30)2/h3,5-6,10-13,17-19,21,30-31,38H,4,7,14-16,20H2,1-2H3,(H,37,39,44)(H,40,43,45)/t21-,30+,31?/m0/s1. The SMILES string of the molecule is C[C@@H](C#Cc1cccc2c1CN(C1CCC(=O)NC1=O)C2=O)Oc1ccc(C(=O)Nc2cc3[nH]c([C@H]4CCCN4C)cc3cn2)cc1. The zero-order chi connectivity index (χ0) is 32.7. The lowest BCUT2D eigenvalue weighted by Gasteiger charge is -2.29. The van der Waals surface area contributed by atoms with Crippen molar-refractivity contribution in [1.82, 2.24) is 25.1 Å². The van der Waals surface area contributed by atoms with Crippen molar-refractivity contribution in [3.05, 3.63) is 88.7 Å². The van der Waals surface area contributed by atoms with E-state index in [9.17, 15) is 19.2 Å². The van der Waals surface area contributed by atoms with E-state index in [1.807, 2.05) is 19.1 Å². The number of hydrogen-bond acceptors (Lipinski definition) is 7. The number of carbonyl (C=O) groups excluding carboxylic acids is 4. The second-order valence-electron chi connectivity index (χ2n) is 12.3. The number of imide groups is 1. The molecule has 0 bridgehead atoms. The molecule has 0 spiro atoms. The lowest BCUT2D eigenvalue weighted by atomic mass is 10.0. The summed E-state index contributed by atoms with van der Waals surface area (Å²) in [6.45, 7) is 3.15. The fourth-order valence-corrected chi connectivity index (χ4v) is 6.59. The number of H-pyrrole nitrogens is 1. The second-order valence-corrected chi connectivity index (χ2v) is 12.3. The number of aromatic amines is 1. The first-order chi connectivity index (χ1) is 22.7. The number of piperidine rings is 1. The number of pyridine rings is 1. The van der Waals surface area contributed by atoms with Crippen LogP contribution in [0.5, 0.6) is 5.75 Å². The van der Waals surface area contributed by atoms with E-state index in [1.165, 1.54) is 17.0 Å². The molecule has 1 unspecified atom stereocenters. The summed E-state index contributed by atoms with van der Waals surface area (Å²) in [4.78, 5) is 61.8. The number of carbonyl (C=O) groups is 4. The van der Waals surface area contributed by atoms with Crippen LogP contribution in [0.3, 0.4) is 0 Å². The summed E-state index contributed by atoms with van der Waals surface area (Å²) in [6, 6.07) is 15.8. The number of aromatic nitrogens is 2. The van der Waals surface area contributed by atoms with Gasteiger partial charge >= 0.3 is 0 Å². The molecule has 11 heteroatoms. The number of nitrogens with zero attached hydrogens (tertiary/aromatic N) is 3. The number of hydrogen-bond donors (Lipinski definition) is 3. The smallest absolute Gasteiger partial charge is 0.256 e. The summed E-state index contributed by atoms with van der Waals surface area (Å²) in [5.74, 6) is 5.95. The van der Waals surface area contributed by atoms with Gasteiger partial charge in [0.2, 0.25) is 11.8 Å². The van der Waals surface area contributed by atoms with Gasteiger partial charge in [-0.05, 0) is 87.8 Å². The molecule has 0 saturated carbocycles.